The van der Waals surface area contributed by atoms with Crippen LogP contribution < -0.4 is 15.5 Å². The van der Waals surface area contributed by atoms with Gasteiger partial charge in [-0.05, 0) is 49.6 Å². The maximum Gasteiger partial charge on any atom is 0.272 e. The van der Waals surface area contributed by atoms with Gasteiger partial charge < -0.3 is 15.5 Å². The van der Waals surface area contributed by atoms with E-state index in [4.69, 9.17) is 16.6 Å². The fraction of sp³-hybridized carbons (Fsp3) is 0.276. The maximum absolute atomic E-state index is 13.9. The predicted molar refractivity (Wildman–Crippen MR) is 144 cm³/mol. The van der Waals surface area contributed by atoms with E-state index in [1.165, 1.54) is 0 Å². The van der Waals surface area contributed by atoms with Crippen LogP contribution in [-0.4, -0.2) is 43.8 Å². The van der Waals surface area contributed by atoms with Crippen molar-refractivity contribution in [2.45, 2.75) is 25.4 Å². The number of piperidine rings is 1. The van der Waals surface area contributed by atoms with E-state index in [0.717, 1.165) is 41.8 Å². The summed E-state index contributed by atoms with van der Waals surface area (Å²) >= 11 is 6.08. The number of rotatable bonds is 5. The van der Waals surface area contributed by atoms with Gasteiger partial charge in [-0.15, -0.1) is 0 Å². The van der Waals surface area contributed by atoms with Crippen LogP contribution in [0.3, 0.4) is 0 Å². The number of nitrogens with one attached hydrogen (secondary N) is 2. The van der Waals surface area contributed by atoms with Crippen LogP contribution in [0.25, 0.3) is 0 Å². The first-order valence-electron chi connectivity index (χ1n) is 12.2. The van der Waals surface area contributed by atoms with Crippen molar-refractivity contribution in [3.63, 3.8) is 0 Å². The Hall–Kier alpha value is -3.48. The Bertz CT molecular complexity index is 1280. The van der Waals surface area contributed by atoms with Crippen molar-refractivity contribution in [2.75, 3.05) is 25.0 Å². The van der Waals surface area contributed by atoms with E-state index in [1.807, 2.05) is 78.9 Å². The van der Waals surface area contributed by atoms with Gasteiger partial charge in [-0.3, -0.25) is 9.59 Å². The number of hydrogen-bond donors (Lipinski definition) is 2. The van der Waals surface area contributed by atoms with Crippen LogP contribution >= 0.6 is 11.6 Å². The second-order valence-electron chi connectivity index (χ2n) is 9.50. The Kier molecular flexibility index (Phi) is 6.90. The van der Waals surface area contributed by atoms with Crippen LogP contribution in [0, 0.1) is 5.41 Å². The molecule has 5 rings (SSSR count). The number of hydrogen-bond acceptors (Lipinski definition) is 4. The summed E-state index contributed by atoms with van der Waals surface area (Å²) in [6, 6.07) is 25.1. The van der Waals surface area contributed by atoms with E-state index in [1.54, 1.807) is 11.9 Å². The zero-order valence-electron chi connectivity index (χ0n) is 20.2. The predicted octanol–water partition coefficient (Wildman–Crippen LogP) is 4.21. The summed E-state index contributed by atoms with van der Waals surface area (Å²) in [5.74, 6) is -0.439. The molecule has 2 atom stereocenters. The van der Waals surface area contributed by atoms with Crippen molar-refractivity contribution in [3.8, 4) is 0 Å². The molecule has 3 aromatic rings. The Balaban J connectivity index is 1.51. The van der Waals surface area contributed by atoms with Gasteiger partial charge in [0, 0.05) is 29.7 Å². The lowest BCUT2D eigenvalue weighted by atomic mass is 9.75. The number of carbonyl (C=O) groups is 2. The quantitative estimate of drug-likeness (QED) is 0.551. The van der Waals surface area contributed by atoms with Gasteiger partial charge in [0.1, 0.15) is 0 Å². The molecule has 2 amide bonds. The number of aliphatic imine (C=N–C) groups is 1. The van der Waals surface area contributed by atoms with Crippen LogP contribution in [0.15, 0.2) is 83.9 Å². The first kappa shape index (κ1) is 24.2. The third-order valence-corrected chi connectivity index (χ3v) is 7.32. The van der Waals surface area contributed by atoms with Gasteiger partial charge in [-0.1, -0.05) is 72.3 Å². The molecule has 0 aromatic heterocycles. The van der Waals surface area contributed by atoms with Gasteiger partial charge in [0.25, 0.3) is 5.91 Å². The lowest BCUT2D eigenvalue weighted by Gasteiger charge is -2.37. The lowest BCUT2D eigenvalue weighted by molar-refractivity contribution is -0.135. The second-order valence-corrected chi connectivity index (χ2v) is 9.93. The number of nitrogens with zero attached hydrogens (tertiary/aromatic N) is 2. The molecule has 1 fully saturated rings. The van der Waals surface area contributed by atoms with Crippen molar-refractivity contribution in [1.82, 2.24) is 10.6 Å². The molecule has 0 aliphatic carbocycles. The fourth-order valence-electron chi connectivity index (χ4n) is 5.11. The highest BCUT2D eigenvalue weighted by molar-refractivity contribution is 6.30. The molecule has 7 heteroatoms. The number of benzene rings is 3. The highest BCUT2D eigenvalue weighted by atomic mass is 35.5. The minimum absolute atomic E-state index is 0.168. The highest BCUT2D eigenvalue weighted by Crippen LogP contribution is 2.33. The standard InChI is InChI=1S/C29H29ClN4O2/c1-34-24-11-6-5-10-23(24)25(21-8-3-2-4-9-21)32-26(27(34)35)33-28(36)29(16-7-17-31-19-29)18-20-12-14-22(30)15-13-20/h2-6,8-15,26,31H,7,16-19H2,1H3,(H,33,36). The smallest absolute Gasteiger partial charge is 0.272 e. The number of anilines is 1. The Labute approximate surface area is 216 Å². The molecule has 36 heavy (non-hydrogen) atoms. The number of benzodiazepines with no additional fused rings is 1. The topological polar surface area (TPSA) is 73.8 Å². The van der Waals surface area contributed by atoms with Gasteiger partial charge >= 0.3 is 0 Å². The van der Waals surface area contributed by atoms with Gasteiger partial charge in [0.2, 0.25) is 12.1 Å². The van der Waals surface area contributed by atoms with Crippen LogP contribution in [0.1, 0.15) is 29.5 Å². The minimum Gasteiger partial charge on any atom is -0.326 e. The fourth-order valence-corrected chi connectivity index (χ4v) is 5.23. The molecule has 2 aliphatic heterocycles. The average Bonchev–Trinajstić information content (AvgIpc) is 3.02. The first-order valence-corrected chi connectivity index (χ1v) is 12.6. The molecular weight excluding hydrogens is 472 g/mol. The monoisotopic (exact) mass is 500 g/mol. The van der Waals surface area contributed by atoms with Gasteiger partial charge in [-0.2, -0.15) is 0 Å². The van der Waals surface area contributed by atoms with Crippen LogP contribution in [0.5, 0.6) is 0 Å². The Morgan fingerprint density at radius 1 is 1.08 bits per heavy atom. The number of amides is 2. The first-order chi connectivity index (χ1) is 17.5. The summed E-state index contributed by atoms with van der Waals surface area (Å²) in [6.45, 7) is 1.40. The van der Waals surface area contributed by atoms with E-state index < -0.39 is 11.6 Å². The van der Waals surface area contributed by atoms with Crippen LogP contribution in [-0.2, 0) is 16.0 Å². The molecule has 2 N–H and O–H groups in total. The number of halogens is 1. The van der Waals surface area contributed by atoms with Crippen molar-refractivity contribution in [3.05, 3.63) is 101 Å². The maximum atomic E-state index is 13.9. The normalized spacial score (nSPS) is 21.8. The molecule has 3 aromatic carbocycles. The second kappa shape index (κ2) is 10.2. The lowest BCUT2D eigenvalue weighted by Crippen LogP contribution is -2.56. The summed E-state index contributed by atoms with van der Waals surface area (Å²) < 4.78 is 0. The number of likely N-dealkylation sites (N-methyl/N-ethyl adjacent to an activating group) is 1. The summed E-state index contributed by atoms with van der Waals surface area (Å²) in [4.78, 5) is 33.9. The average molecular weight is 501 g/mol. The van der Waals surface area contributed by atoms with Crippen LogP contribution in [0.2, 0.25) is 5.02 Å². The van der Waals surface area contributed by atoms with Crippen molar-refractivity contribution in [1.29, 1.82) is 0 Å². The molecule has 2 aliphatic rings. The number of para-hydroxylation sites is 1. The zero-order chi connectivity index (χ0) is 25.1. The SMILES string of the molecule is CN1C(=O)C(NC(=O)C2(Cc3ccc(Cl)cc3)CCCNC2)N=C(c2ccccc2)c2ccccc21. The van der Waals surface area contributed by atoms with Crippen molar-refractivity contribution >= 4 is 34.8 Å². The summed E-state index contributed by atoms with van der Waals surface area (Å²) in [5.41, 5.74) is 3.53. The largest absolute Gasteiger partial charge is 0.326 e. The molecular formula is C29H29ClN4O2. The van der Waals surface area contributed by atoms with Crippen molar-refractivity contribution in [2.24, 2.45) is 10.4 Å². The summed E-state index contributed by atoms with van der Waals surface area (Å²) in [5, 5.41) is 7.08. The van der Waals surface area contributed by atoms with E-state index in [0.29, 0.717) is 23.7 Å². The third kappa shape index (κ3) is 4.79. The molecule has 184 valence electrons. The van der Waals surface area contributed by atoms with Crippen LogP contribution in [0.4, 0.5) is 5.69 Å². The van der Waals surface area contributed by atoms with Gasteiger partial charge in [-0.25, -0.2) is 4.99 Å². The number of fused-ring (bicyclic) bond motifs is 1. The minimum atomic E-state index is -1.03. The third-order valence-electron chi connectivity index (χ3n) is 7.07. The molecule has 0 spiro atoms. The molecule has 2 heterocycles. The van der Waals surface area contributed by atoms with Gasteiger partial charge in [0.15, 0.2) is 0 Å². The molecule has 6 nitrogen and oxygen atoms in total. The van der Waals surface area contributed by atoms with E-state index >= 15 is 0 Å². The zero-order valence-corrected chi connectivity index (χ0v) is 21.0. The van der Waals surface area contributed by atoms with E-state index in [2.05, 4.69) is 10.6 Å². The molecule has 1 saturated heterocycles. The highest BCUT2D eigenvalue weighted by Gasteiger charge is 2.42. The Morgan fingerprint density at radius 3 is 2.53 bits per heavy atom. The van der Waals surface area contributed by atoms with E-state index in [9.17, 15) is 9.59 Å². The molecule has 2 unspecified atom stereocenters. The Morgan fingerprint density at radius 2 is 1.81 bits per heavy atom. The van der Waals surface area contributed by atoms with Gasteiger partial charge in [0.05, 0.1) is 16.8 Å². The van der Waals surface area contributed by atoms with Crippen molar-refractivity contribution < 1.29 is 9.59 Å². The van der Waals surface area contributed by atoms with E-state index in [-0.39, 0.29) is 11.8 Å². The summed E-state index contributed by atoms with van der Waals surface area (Å²) in [6.07, 6.45) is 1.12. The molecule has 0 bridgehead atoms. The summed E-state index contributed by atoms with van der Waals surface area (Å²) in [7, 11) is 1.73. The molecule has 0 radical (unpaired) electrons. The molecule has 0 saturated carbocycles. The number of carbonyl (C=O) groups excluding carboxylic acids is 2.